The summed E-state index contributed by atoms with van der Waals surface area (Å²) in [4.78, 5) is 4.07. The molecule has 1 aromatic heterocycles. The number of halogens is 2. The van der Waals surface area contributed by atoms with Crippen LogP contribution >= 0.6 is 23.2 Å². The lowest BCUT2D eigenvalue weighted by atomic mass is 10.1. The molecule has 21 heavy (non-hydrogen) atoms. The fourth-order valence-electron chi connectivity index (χ4n) is 1.95. The van der Waals surface area contributed by atoms with Crippen molar-refractivity contribution in [3.05, 3.63) is 70.3 Å². The Morgan fingerprint density at radius 1 is 1.00 bits per heavy atom. The number of rotatable bonds is 3. The zero-order chi connectivity index (χ0) is 14.7. The van der Waals surface area contributed by atoms with Crippen LogP contribution in [0.25, 0.3) is 10.8 Å². The number of hydrogen-bond donors (Lipinski definition) is 1. The van der Waals surface area contributed by atoms with Crippen molar-refractivity contribution in [2.75, 3.05) is 5.43 Å². The molecule has 0 aliphatic heterocycles. The molecule has 0 atom stereocenters. The molecule has 3 nitrogen and oxygen atoms in total. The van der Waals surface area contributed by atoms with E-state index in [1.54, 1.807) is 12.3 Å². The lowest BCUT2D eigenvalue weighted by Gasteiger charge is -2.02. The van der Waals surface area contributed by atoms with Crippen LogP contribution in [0.1, 0.15) is 5.56 Å². The minimum Gasteiger partial charge on any atom is -0.260 e. The molecule has 1 N–H and O–H groups in total. The average Bonchev–Trinajstić information content (AvgIpc) is 2.49. The van der Waals surface area contributed by atoms with Crippen molar-refractivity contribution in [1.82, 2.24) is 4.98 Å². The molecular weight excluding hydrogens is 305 g/mol. The van der Waals surface area contributed by atoms with E-state index in [4.69, 9.17) is 23.2 Å². The normalized spacial score (nSPS) is 11.1. The van der Waals surface area contributed by atoms with Crippen molar-refractivity contribution < 1.29 is 0 Å². The number of benzene rings is 2. The Morgan fingerprint density at radius 2 is 1.81 bits per heavy atom. The number of aromatic nitrogens is 1. The van der Waals surface area contributed by atoms with E-state index in [9.17, 15) is 0 Å². The van der Waals surface area contributed by atoms with Gasteiger partial charge in [0.05, 0.1) is 16.3 Å². The Labute approximate surface area is 132 Å². The van der Waals surface area contributed by atoms with Gasteiger partial charge in [-0.1, -0.05) is 59.6 Å². The summed E-state index contributed by atoms with van der Waals surface area (Å²) in [5, 5.41) is 7.43. The molecule has 3 aromatic rings. The van der Waals surface area contributed by atoms with Gasteiger partial charge in [0, 0.05) is 6.20 Å². The molecule has 0 radical (unpaired) electrons. The van der Waals surface area contributed by atoms with Crippen LogP contribution < -0.4 is 5.43 Å². The van der Waals surface area contributed by atoms with Crippen LogP contribution in [0.4, 0.5) is 5.82 Å². The molecule has 2 aromatic carbocycles. The minimum atomic E-state index is 0.429. The van der Waals surface area contributed by atoms with E-state index < -0.39 is 0 Å². The first-order valence-corrected chi connectivity index (χ1v) is 7.07. The van der Waals surface area contributed by atoms with Crippen LogP contribution in [0, 0.1) is 0 Å². The highest BCUT2D eigenvalue weighted by molar-refractivity contribution is 6.35. The summed E-state index contributed by atoms with van der Waals surface area (Å²) in [5.74, 6) is 0.470. The Hall–Kier alpha value is -2.10. The largest absolute Gasteiger partial charge is 0.260 e. The number of hydrazone groups is 1. The highest BCUT2D eigenvalue weighted by atomic mass is 35.5. The fraction of sp³-hybridized carbons (Fsp3) is 0. The number of hydrogen-bond acceptors (Lipinski definition) is 3. The van der Waals surface area contributed by atoms with Crippen molar-refractivity contribution in [2.24, 2.45) is 5.10 Å². The zero-order valence-electron chi connectivity index (χ0n) is 10.9. The van der Waals surface area contributed by atoms with Crippen molar-refractivity contribution in [3.8, 4) is 0 Å². The van der Waals surface area contributed by atoms with Gasteiger partial charge in [-0.2, -0.15) is 5.10 Å². The van der Waals surface area contributed by atoms with Crippen LogP contribution in [-0.4, -0.2) is 11.2 Å². The van der Waals surface area contributed by atoms with Gasteiger partial charge in [0.25, 0.3) is 0 Å². The van der Waals surface area contributed by atoms with Gasteiger partial charge in [0.1, 0.15) is 0 Å². The molecule has 0 amide bonds. The maximum atomic E-state index is 6.01. The van der Waals surface area contributed by atoms with Gasteiger partial charge in [-0.3, -0.25) is 5.43 Å². The summed E-state index contributed by atoms with van der Waals surface area (Å²) in [6.07, 6.45) is 3.24. The molecule has 5 heteroatoms. The topological polar surface area (TPSA) is 37.3 Å². The molecule has 0 aliphatic carbocycles. The van der Waals surface area contributed by atoms with Gasteiger partial charge < -0.3 is 0 Å². The van der Waals surface area contributed by atoms with Crippen LogP contribution in [-0.2, 0) is 0 Å². The summed E-state index contributed by atoms with van der Waals surface area (Å²) in [7, 11) is 0. The molecule has 0 aliphatic rings. The summed E-state index contributed by atoms with van der Waals surface area (Å²) < 4.78 is 0. The maximum Gasteiger partial charge on any atom is 0.165 e. The van der Waals surface area contributed by atoms with E-state index in [0.717, 1.165) is 5.56 Å². The van der Waals surface area contributed by atoms with Crippen LogP contribution in [0.5, 0.6) is 0 Å². The molecule has 0 unspecified atom stereocenters. The first-order chi connectivity index (χ1) is 10.2. The van der Waals surface area contributed by atoms with Crippen molar-refractivity contribution in [1.29, 1.82) is 0 Å². The van der Waals surface area contributed by atoms with Gasteiger partial charge in [-0.15, -0.1) is 0 Å². The van der Waals surface area contributed by atoms with E-state index in [0.29, 0.717) is 15.9 Å². The summed E-state index contributed by atoms with van der Waals surface area (Å²) >= 11 is 11.8. The zero-order valence-corrected chi connectivity index (χ0v) is 12.4. The Kier molecular flexibility index (Phi) is 4.04. The maximum absolute atomic E-state index is 6.01. The van der Waals surface area contributed by atoms with E-state index in [2.05, 4.69) is 39.8 Å². The van der Waals surface area contributed by atoms with Gasteiger partial charge in [0.2, 0.25) is 0 Å². The van der Waals surface area contributed by atoms with E-state index in [1.165, 1.54) is 17.0 Å². The molecule has 0 saturated heterocycles. The second kappa shape index (κ2) is 6.12. The first-order valence-electron chi connectivity index (χ1n) is 6.31. The second-order valence-electron chi connectivity index (χ2n) is 4.46. The quantitative estimate of drug-likeness (QED) is 0.546. The summed E-state index contributed by atoms with van der Waals surface area (Å²) in [6.45, 7) is 0. The SMILES string of the molecule is Clc1cnc(N/N=C/c2ccc3ccccc3c2)c(Cl)c1. The Morgan fingerprint density at radius 3 is 2.62 bits per heavy atom. The van der Waals surface area contributed by atoms with Crippen LogP contribution in [0.2, 0.25) is 10.0 Å². The second-order valence-corrected chi connectivity index (χ2v) is 5.30. The molecule has 0 saturated carbocycles. The third kappa shape index (κ3) is 3.32. The van der Waals surface area contributed by atoms with Gasteiger partial charge >= 0.3 is 0 Å². The van der Waals surface area contributed by atoms with Gasteiger partial charge in [0.15, 0.2) is 5.82 Å². The fourth-order valence-corrected chi connectivity index (χ4v) is 2.38. The molecule has 104 valence electrons. The number of nitrogens with zero attached hydrogens (tertiary/aromatic N) is 2. The lowest BCUT2D eigenvalue weighted by molar-refractivity contribution is 1.23. The Balaban J connectivity index is 1.78. The Bertz CT molecular complexity index is 815. The van der Waals surface area contributed by atoms with E-state index in [1.807, 2.05) is 18.2 Å². The van der Waals surface area contributed by atoms with Gasteiger partial charge in [-0.25, -0.2) is 4.98 Å². The molecule has 0 fully saturated rings. The van der Waals surface area contributed by atoms with Crippen molar-refractivity contribution >= 4 is 46.0 Å². The lowest BCUT2D eigenvalue weighted by Crippen LogP contribution is -1.94. The highest BCUT2D eigenvalue weighted by Crippen LogP contribution is 2.22. The third-order valence-corrected chi connectivity index (χ3v) is 3.46. The summed E-state index contributed by atoms with van der Waals surface area (Å²) in [5.41, 5.74) is 3.80. The number of pyridine rings is 1. The van der Waals surface area contributed by atoms with Crippen molar-refractivity contribution in [3.63, 3.8) is 0 Å². The predicted octanol–water partition coefficient (Wildman–Crippen LogP) is 4.99. The molecule has 1 heterocycles. The number of nitrogens with one attached hydrogen (secondary N) is 1. The highest BCUT2D eigenvalue weighted by Gasteiger charge is 2.00. The van der Waals surface area contributed by atoms with Crippen LogP contribution in [0.15, 0.2) is 59.8 Å². The molecule has 3 rings (SSSR count). The number of anilines is 1. The van der Waals surface area contributed by atoms with Crippen LogP contribution in [0.3, 0.4) is 0 Å². The van der Waals surface area contributed by atoms with E-state index >= 15 is 0 Å². The standard InChI is InChI=1S/C16H11Cl2N3/c17-14-8-15(18)16(19-10-14)21-20-9-11-5-6-12-3-1-2-4-13(12)7-11/h1-10H,(H,19,21)/b20-9+. The first kappa shape index (κ1) is 13.9. The molecule has 0 spiro atoms. The van der Waals surface area contributed by atoms with E-state index in [-0.39, 0.29) is 0 Å². The molecular formula is C16H11Cl2N3. The average molecular weight is 316 g/mol. The van der Waals surface area contributed by atoms with Gasteiger partial charge in [-0.05, 0) is 28.5 Å². The third-order valence-electron chi connectivity index (χ3n) is 2.97. The monoisotopic (exact) mass is 315 g/mol. The minimum absolute atomic E-state index is 0.429. The summed E-state index contributed by atoms with van der Waals surface area (Å²) in [6, 6.07) is 15.9. The molecule has 0 bridgehead atoms. The van der Waals surface area contributed by atoms with Crippen molar-refractivity contribution in [2.45, 2.75) is 0 Å². The smallest absolute Gasteiger partial charge is 0.165 e. The predicted molar refractivity (Wildman–Crippen MR) is 89.4 cm³/mol. The number of fused-ring (bicyclic) bond motifs is 1.